The third-order valence-corrected chi connectivity index (χ3v) is 5.49. The maximum Gasteiger partial charge on any atom is 0.232 e. The van der Waals surface area contributed by atoms with Gasteiger partial charge in [-0.15, -0.1) is 0 Å². The Bertz CT molecular complexity index is 1080. The van der Waals surface area contributed by atoms with Gasteiger partial charge in [0.15, 0.2) is 11.5 Å². The Hall–Kier alpha value is -3.75. The molecule has 0 saturated heterocycles. The number of fused-ring (bicyclic) bond motifs is 1. The molecule has 1 aromatic heterocycles. The van der Waals surface area contributed by atoms with Gasteiger partial charge in [0, 0.05) is 6.04 Å². The Labute approximate surface area is 180 Å². The number of carbonyl (C=O) groups excluding carboxylic acids is 1. The minimum absolute atomic E-state index is 0.162. The van der Waals surface area contributed by atoms with Crippen molar-refractivity contribution in [3.05, 3.63) is 54.4 Å². The second kappa shape index (κ2) is 8.55. The van der Waals surface area contributed by atoms with Crippen LogP contribution in [0.2, 0.25) is 0 Å². The number of hydrogen-bond acceptors (Lipinski definition) is 7. The number of nitrogens with one attached hydrogen (secondary N) is 2. The van der Waals surface area contributed by atoms with Gasteiger partial charge in [-0.05, 0) is 36.8 Å². The first kappa shape index (κ1) is 20.5. The first-order valence-corrected chi connectivity index (χ1v) is 9.89. The van der Waals surface area contributed by atoms with Crippen molar-refractivity contribution in [1.29, 1.82) is 0 Å². The number of hydrogen-bond donors (Lipinski definition) is 2. The van der Waals surface area contributed by atoms with E-state index in [-0.39, 0.29) is 11.9 Å². The van der Waals surface area contributed by atoms with E-state index in [2.05, 4.69) is 20.7 Å². The van der Waals surface area contributed by atoms with E-state index < -0.39 is 12.0 Å². The zero-order valence-corrected chi connectivity index (χ0v) is 17.8. The van der Waals surface area contributed by atoms with Crippen LogP contribution in [-0.4, -0.2) is 48.0 Å². The molecule has 3 atom stereocenters. The van der Waals surface area contributed by atoms with Crippen molar-refractivity contribution in [3.8, 4) is 17.2 Å². The number of carbonyl (C=O) groups is 1. The Balaban J connectivity index is 1.75. The van der Waals surface area contributed by atoms with Crippen LogP contribution in [0.1, 0.15) is 18.5 Å². The van der Waals surface area contributed by atoms with E-state index in [1.807, 2.05) is 43.3 Å². The van der Waals surface area contributed by atoms with Gasteiger partial charge in [-0.1, -0.05) is 18.2 Å². The number of para-hydroxylation sites is 2. The lowest BCUT2D eigenvalue weighted by Crippen LogP contribution is -2.46. The fourth-order valence-electron chi connectivity index (χ4n) is 4.00. The highest BCUT2D eigenvalue weighted by atomic mass is 16.5. The Morgan fingerprint density at radius 1 is 1.03 bits per heavy atom. The minimum atomic E-state index is -0.489. The van der Waals surface area contributed by atoms with Crippen molar-refractivity contribution in [1.82, 2.24) is 14.8 Å². The SMILES string of the molecule is COc1ccccc1NC(=O)[C@H]1[C@H](C)Nc2ncnn2[C@H]1c1ccc(OC)c(OC)c1. The summed E-state index contributed by atoms with van der Waals surface area (Å²) in [6, 6.07) is 12.3. The van der Waals surface area contributed by atoms with Gasteiger partial charge in [-0.3, -0.25) is 4.79 Å². The van der Waals surface area contributed by atoms with Gasteiger partial charge < -0.3 is 24.8 Å². The zero-order valence-electron chi connectivity index (χ0n) is 17.8. The van der Waals surface area contributed by atoms with Gasteiger partial charge in [-0.2, -0.15) is 10.1 Å². The lowest BCUT2D eigenvalue weighted by atomic mass is 9.85. The summed E-state index contributed by atoms with van der Waals surface area (Å²) < 4.78 is 18.0. The Kier molecular flexibility index (Phi) is 5.66. The van der Waals surface area contributed by atoms with Crippen LogP contribution in [-0.2, 0) is 4.79 Å². The van der Waals surface area contributed by atoms with Crippen molar-refractivity contribution in [2.24, 2.45) is 5.92 Å². The topological polar surface area (TPSA) is 99.5 Å². The molecule has 0 aliphatic carbocycles. The molecule has 1 aliphatic heterocycles. The van der Waals surface area contributed by atoms with Crippen molar-refractivity contribution < 1.29 is 19.0 Å². The van der Waals surface area contributed by atoms with Crippen LogP contribution in [0.15, 0.2) is 48.8 Å². The van der Waals surface area contributed by atoms with E-state index in [0.717, 1.165) is 5.56 Å². The molecule has 0 fully saturated rings. The number of anilines is 2. The van der Waals surface area contributed by atoms with E-state index in [9.17, 15) is 4.79 Å². The summed E-state index contributed by atoms with van der Waals surface area (Å²) in [5.41, 5.74) is 1.47. The summed E-state index contributed by atoms with van der Waals surface area (Å²) in [4.78, 5) is 17.8. The lowest BCUT2D eigenvalue weighted by molar-refractivity contribution is -0.121. The average molecular weight is 423 g/mol. The number of aromatic nitrogens is 3. The fourth-order valence-corrected chi connectivity index (χ4v) is 4.00. The second-order valence-electron chi connectivity index (χ2n) is 7.24. The third-order valence-electron chi connectivity index (χ3n) is 5.49. The van der Waals surface area contributed by atoms with Gasteiger partial charge in [-0.25, -0.2) is 4.68 Å². The molecule has 2 aromatic carbocycles. The molecular weight excluding hydrogens is 398 g/mol. The summed E-state index contributed by atoms with van der Waals surface area (Å²) in [7, 11) is 4.74. The first-order valence-electron chi connectivity index (χ1n) is 9.89. The van der Waals surface area contributed by atoms with Crippen LogP contribution < -0.4 is 24.8 Å². The molecule has 3 aromatic rings. The van der Waals surface area contributed by atoms with Gasteiger partial charge in [0.2, 0.25) is 11.9 Å². The van der Waals surface area contributed by atoms with E-state index in [1.165, 1.54) is 6.33 Å². The van der Waals surface area contributed by atoms with Crippen LogP contribution in [0.25, 0.3) is 0 Å². The number of amides is 1. The van der Waals surface area contributed by atoms with Gasteiger partial charge in [0.1, 0.15) is 12.1 Å². The highest BCUT2D eigenvalue weighted by Crippen LogP contribution is 2.40. The highest BCUT2D eigenvalue weighted by Gasteiger charge is 2.41. The molecule has 0 unspecified atom stereocenters. The summed E-state index contributed by atoms with van der Waals surface area (Å²) in [6.07, 6.45) is 1.48. The summed E-state index contributed by atoms with van der Waals surface area (Å²) in [6.45, 7) is 1.96. The van der Waals surface area contributed by atoms with E-state index in [1.54, 1.807) is 32.1 Å². The summed E-state index contributed by atoms with van der Waals surface area (Å²) in [5.74, 6) is 1.74. The fraction of sp³-hybridized carbons (Fsp3) is 0.318. The minimum Gasteiger partial charge on any atom is -0.495 e. The van der Waals surface area contributed by atoms with Crippen LogP contribution in [0, 0.1) is 5.92 Å². The molecule has 9 heteroatoms. The zero-order chi connectivity index (χ0) is 22.0. The molecule has 162 valence electrons. The average Bonchev–Trinajstić information content (AvgIpc) is 3.25. The number of methoxy groups -OCH3 is 3. The molecule has 31 heavy (non-hydrogen) atoms. The number of rotatable bonds is 6. The van der Waals surface area contributed by atoms with Gasteiger partial charge >= 0.3 is 0 Å². The van der Waals surface area contributed by atoms with Crippen LogP contribution in [0.3, 0.4) is 0 Å². The summed E-state index contributed by atoms with van der Waals surface area (Å²) >= 11 is 0. The number of ether oxygens (including phenoxy) is 3. The van der Waals surface area contributed by atoms with Crippen LogP contribution >= 0.6 is 0 Å². The van der Waals surface area contributed by atoms with Crippen molar-refractivity contribution in [2.75, 3.05) is 32.0 Å². The first-order chi connectivity index (χ1) is 15.1. The molecule has 0 saturated carbocycles. The van der Waals surface area contributed by atoms with Crippen LogP contribution in [0.5, 0.6) is 17.2 Å². The lowest BCUT2D eigenvalue weighted by Gasteiger charge is -2.37. The molecule has 2 N–H and O–H groups in total. The molecule has 1 amide bonds. The smallest absolute Gasteiger partial charge is 0.232 e. The standard InChI is InChI=1S/C22H25N5O4/c1-13-19(21(28)26-15-7-5-6-8-16(15)29-2)20(27-22(25-13)23-12-24-27)14-9-10-17(30-3)18(11-14)31-4/h5-13,19-20H,1-4H3,(H,26,28)(H,23,24,25)/t13-,19-,20-/m0/s1. The predicted molar refractivity (Wildman–Crippen MR) is 116 cm³/mol. The molecule has 1 aliphatic rings. The Morgan fingerprint density at radius 3 is 2.52 bits per heavy atom. The normalized spacial score (nSPS) is 19.7. The van der Waals surface area contributed by atoms with Gasteiger partial charge in [0.05, 0.1) is 39.0 Å². The van der Waals surface area contributed by atoms with E-state index in [0.29, 0.717) is 28.9 Å². The maximum atomic E-state index is 13.5. The highest BCUT2D eigenvalue weighted by molar-refractivity contribution is 5.95. The largest absolute Gasteiger partial charge is 0.495 e. The molecular formula is C22H25N5O4. The Morgan fingerprint density at radius 2 is 1.77 bits per heavy atom. The summed E-state index contributed by atoms with van der Waals surface area (Å²) in [5, 5.41) is 10.7. The predicted octanol–water partition coefficient (Wildman–Crippen LogP) is 2.96. The van der Waals surface area contributed by atoms with E-state index >= 15 is 0 Å². The van der Waals surface area contributed by atoms with Crippen molar-refractivity contribution >= 4 is 17.5 Å². The maximum absolute atomic E-state index is 13.5. The third kappa shape index (κ3) is 3.74. The molecule has 0 bridgehead atoms. The van der Waals surface area contributed by atoms with Crippen molar-refractivity contribution in [2.45, 2.75) is 19.0 Å². The molecule has 0 spiro atoms. The quantitative estimate of drug-likeness (QED) is 0.629. The van der Waals surface area contributed by atoms with Gasteiger partial charge in [0.25, 0.3) is 0 Å². The molecule has 9 nitrogen and oxygen atoms in total. The molecule has 0 radical (unpaired) electrons. The van der Waals surface area contributed by atoms with Crippen LogP contribution in [0.4, 0.5) is 11.6 Å². The number of nitrogens with zero attached hydrogens (tertiary/aromatic N) is 3. The van der Waals surface area contributed by atoms with E-state index in [4.69, 9.17) is 14.2 Å². The number of benzene rings is 2. The molecule has 4 rings (SSSR count). The second-order valence-corrected chi connectivity index (χ2v) is 7.24. The monoisotopic (exact) mass is 423 g/mol. The molecule has 2 heterocycles. The van der Waals surface area contributed by atoms with Crippen molar-refractivity contribution in [3.63, 3.8) is 0 Å².